The summed E-state index contributed by atoms with van der Waals surface area (Å²) < 4.78 is 5.58. The van der Waals surface area contributed by atoms with Crippen molar-refractivity contribution in [2.75, 3.05) is 26.2 Å². The van der Waals surface area contributed by atoms with E-state index in [2.05, 4.69) is 16.7 Å². The molecule has 5 heteroatoms. The molecule has 1 aliphatic heterocycles. The number of benzene rings is 1. The maximum atomic E-state index is 11.8. The van der Waals surface area contributed by atoms with Crippen molar-refractivity contribution in [1.82, 2.24) is 10.6 Å². The van der Waals surface area contributed by atoms with Gasteiger partial charge < -0.3 is 15.4 Å². The van der Waals surface area contributed by atoms with Crippen LogP contribution < -0.4 is 15.4 Å². The van der Waals surface area contributed by atoms with Gasteiger partial charge in [-0.15, -0.1) is 12.4 Å². The molecule has 1 amide bonds. The summed E-state index contributed by atoms with van der Waals surface area (Å²) in [5, 5.41) is 6.14. The molecule has 0 aromatic heterocycles. The van der Waals surface area contributed by atoms with Crippen LogP contribution in [0.2, 0.25) is 0 Å². The lowest BCUT2D eigenvalue weighted by atomic mass is 10.1. The van der Waals surface area contributed by atoms with Gasteiger partial charge in [-0.3, -0.25) is 4.79 Å². The van der Waals surface area contributed by atoms with Crippen LogP contribution in [0.1, 0.15) is 17.5 Å². The summed E-state index contributed by atoms with van der Waals surface area (Å²) in [7, 11) is 0. The van der Waals surface area contributed by atoms with Crippen LogP contribution in [-0.2, 0) is 4.79 Å². The summed E-state index contributed by atoms with van der Waals surface area (Å²) in [6.07, 6.45) is 3.13. The molecule has 0 saturated heterocycles. The summed E-state index contributed by atoms with van der Waals surface area (Å²) >= 11 is 0. The molecule has 0 bridgehead atoms. The summed E-state index contributed by atoms with van der Waals surface area (Å²) in [5.74, 6) is 0.701. The van der Waals surface area contributed by atoms with E-state index in [1.54, 1.807) is 0 Å². The average Bonchev–Trinajstić information content (AvgIpc) is 2.47. The minimum Gasteiger partial charge on any atom is -0.483 e. The second-order valence-electron chi connectivity index (χ2n) is 5.15. The van der Waals surface area contributed by atoms with Gasteiger partial charge in [-0.2, -0.15) is 0 Å². The Bertz CT molecular complexity index is 515. The molecule has 1 aromatic carbocycles. The van der Waals surface area contributed by atoms with Gasteiger partial charge in [0.1, 0.15) is 5.75 Å². The normalized spacial score (nSPS) is 13.9. The Labute approximate surface area is 132 Å². The lowest BCUT2D eigenvalue weighted by molar-refractivity contribution is -0.122. The summed E-state index contributed by atoms with van der Waals surface area (Å²) in [6, 6.07) is 5.99. The Morgan fingerprint density at radius 3 is 2.90 bits per heavy atom. The topological polar surface area (TPSA) is 50.4 Å². The fourth-order valence-corrected chi connectivity index (χ4v) is 2.10. The number of nitrogens with one attached hydrogen (secondary N) is 2. The van der Waals surface area contributed by atoms with E-state index in [4.69, 9.17) is 4.74 Å². The second kappa shape index (κ2) is 8.70. The molecule has 0 atom stereocenters. The van der Waals surface area contributed by atoms with E-state index in [1.807, 2.05) is 32.0 Å². The standard InChI is InChI=1S/C16H22N2O2.ClH/c1-12-3-4-13(2)15(9-12)20-11-16(19)18-10-14-5-7-17-8-6-14;/h3-5,9,17H,6-8,10-11H2,1-2H3,(H,18,19);1H. The molecule has 0 spiro atoms. The number of halogens is 1. The molecule has 0 aliphatic carbocycles. The highest BCUT2D eigenvalue weighted by Gasteiger charge is 2.07. The number of carbonyl (C=O) groups excluding carboxylic acids is 1. The smallest absolute Gasteiger partial charge is 0.258 e. The fraction of sp³-hybridized carbons (Fsp3) is 0.438. The molecule has 0 saturated carbocycles. The van der Waals surface area contributed by atoms with Crippen molar-refractivity contribution in [3.05, 3.63) is 41.0 Å². The molecule has 116 valence electrons. The maximum absolute atomic E-state index is 11.8. The second-order valence-corrected chi connectivity index (χ2v) is 5.15. The van der Waals surface area contributed by atoms with E-state index < -0.39 is 0 Å². The maximum Gasteiger partial charge on any atom is 0.258 e. The number of hydrogen-bond acceptors (Lipinski definition) is 3. The van der Waals surface area contributed by atoms with Crippen molar-refractivity contribution in [3.8, 4) is 5.75 Å². The van der Waals surface area contributed by atoms with E-state index >= 15 is 0 Å². The highest BCUT2D eigenvalue weighted by atomic mass is 35.5. The van der Waals surface area contributed by atoms with Gasteiger partial charge in [0.05, 0.1) is 0 Å². The van der Waals surface area contributed by atoms with E-state index in [0.29, 0.717) is 6.54 Å². The average molecular weight is 311 g/mol. The minimum absolute atomic E-state index is 0. The van der Waals surface area contributed by atoms with Gasteiger partial charge in [0.2, 0.25) is 0 Å². The van der Waals surface area contributed by atoms with Crippen LogP contribution in [-0.4, -0.2) is 32.1 Å². The van der Waals surface area contributed by atoms with Crippen LogP contribution in [0.5, 0.6) is 5.75 Å². The summed E-state index contributed by atoms with van der Waals surface area (Å²) in [5.41, 5.74) is 3.46. The summed E-state index contributed by atoms with van der Waals surface area (Å²) in [6.45, 7) is 6.56. The molecule has 0 unspecified atom stereocenters. The van der Waals surface area contributed by atoms with Crippen molar-refractivity contribution in [1.29, 1.82) is 0 Å². The third kappa shape index (κ3) is 5.78. The predicted molar refractivity (Wildman–Crippen MR) is 87.2 cm³/mol. The molecule has 1 heterocycles. The Balaban J connectivity index is 0.00000220. The molecular formula is C16H23ClN2O2. The largest absolute Gasteiger partial charge is 0.483 e. The highest BCUT2D eigenvalue weighted by molar-refractivity contribution is 5.85. The van der Waals surface area contributed by atoms with E-state index in [-0.39, 0.29) is 24.9 Å². The quantitative estimate of drug-likeness (QED) is 0.819. The van der Waals surface area contributed by atoms with Crippen LogP contribution in [0.3, 0.4) is 0 Å². The first-order valence-electron chi connectivity index (χ1n) is 7.00. The first-order valence-corrected chi connectivity index (χ1v) is 7.00. The molecule has 2 N–H and O–H groups in total. The molecule has 21 heavy (non-hydrogen) atoms. The summed E-state index contributed by atoms with van der Waals surface area (Å²) in [4.78, 5) is 11.8. The van der Waals surface area contributed by atoms with Crippen molar-refractivity contribution in [2.24, 2.45) is 0 Å². The van der Waals surface area contributed by atoms with Gasteiger partial charge in [-0.05, 0) is 44.0 Å². The van der Waals surface area contributed by atoms with Gasteiger partial charge in [-0.1, -0.05) is 23.8 Å². The molecular weight excluding hydrogens is 288 g/mol. The third-order valence-corrected chi connectivity index (χ3v) is 3.37. The van der Waals surface area contributed by atoms with Crippen molar-refractivity contribution in [3.63, 3.8) is 0 Å². The van der Waals surface area contributed by atoms with Crippen LogP contribution in [0.15, 0.2) is 29.8 Å². The number of carbonyl (C=O) groups is 1. The van der Waals surface area contributed by atoms with Crippen molar-refractivity contribution < 1.29 is 9.53 Å². The van der Waals surface area contributed by atoms with Gasteiger partial charge in [0.15, 0.2) is 6.61 Å². The highest BCUT2D eigenvalue weighted by Crippen LogP contribution is 2.18. The number of hydrogen-bond donors (Lipinski definition) is 2. The Morgan fingerprint density at radius 2 is 2.19 bits per heavy atom. The van der Waals surface area contributed by atoms with E-state index in [9.17, 15) is 4.79 Å². The number of ether oxygens (including phenoxy) is 1. The fourth-order valence-electron chi connectivity index (χ4n) is 2.10. The zero-order valence-corrected chi connectivity index (χ0v) is 13.4. The molecule has 0 radical (unpaired) electrons. The third-order valence-electron chi connectivity index (χ3n) is 3.37. The van der Waals surface area contributed by atoms with Crippen molar-refractivity contribution >= 4 is 18.3 Å². The SMILES string of the molecule is Cc1ccc(C)c(OCC(=O)NCC2=CCNCC2)c1.Cl. The van der Waals surface area contributed by atoms with Crippen LogP contribution in [0, 0.1) is 13.8 Å². The van der Waals surface area contributed by atoms with Crippen molar-refractivity contribution in [2.45, 2.75) is 20.3 Å². The van der Waals surface area contributed by atoms with Crippen LogP contribution in [0.25, 0.3) is 0 Å². The zero-order chi connectivity index (χ0) is 14.4. The van der Waals surface area contributed by atoms with Crippen LogP contribution in [0.4, 0.5) is 0 Å². The van der Waals surface area contributed by atoms with Gasteiger partial charge in [0, 0.05) is 13.1 Å². The minimum atomic E-state index is -0.0784. The Hall–Kier alpha value is -1.52. The lowest BCUT2D eigenvalue weighted by Gasteiger charge is -2.15. The van der Waals surface area contributed by atoms with E-state index in [1.165, 1.54) is 5.57 Å². The van der Waals surface area contributed by atoms with Crippen LogP contribution >= 0.6 is 12.4 Å². The molecule has 1 aromatic rings. The molecule has 4 nitrogen and oxygen atoms in total. The number of aryl methyl sites for hydroxylation is 2. The predicted octanol–water partition coefficient (Wildman–Crippen LogP) is 2.14. The Morgan fingerprint density at radius 1 is 1.38 bits per heavy atom. The zero-order valence-electron chi connectivity index (χ0n) is 12.6. The molecule has 0 fully saturated rings. The Kier molecular flexibility index (Phi) is 7.26. The number of amides is 1. The molecule has 1 aliphatic rings. The first kappa shape index (κ1) is 17.5. The monoisotopic (exact) mass is 310 g/mol. The van der Waals surface area contributed by atoms with Gasteiger partial charge >= 0.3 is 0 Å². The van der Waals surface area contributed by atoms with E-state index in [0.717, 1.165) is 36.4 Å². The van der Waals surface area contributed by atoms with Gasteiger partial charge in [0.25, 0.3) is 5.91 Å². The number of rotatable bonds is 5. The lowest BCUT2D eigenvalue weighted by Crippen LogP contribution is -2.32. The molecule has 2 rings (SSSR count). The van der Waals surface area contributed by atoms with Gasteiger partial charge in [-0.25, -0.2) is 0 Å². The first-order chi connectivity index (χ1) is 9.65.